The van der Waals surface area contributed by atoms with Crippen molar-refractivity contribution in [2.75, 3.05) is 0 Å². The third-order valence-electron chi connectivity index (χ3n) is 3.03. The van der Waals surface area contributed by atoms with Crippen LogP contribution in [0, 0.1) is 0 Å². The lowest BCUT2D eigenvalue weighted by Gasteiger charge is -2.29. The van der Waals surface area contributed by atoms with Gasteiger partial charge >= 0.3 is 5.97 Å². The Bertz CT molecular complexity index is 444. The third-order valence-corrected chi connectivity index (χ3v) is 3.33. The van der Waals surface area contributed by atoms with Gasteiger partial charge in [-0.05, 0) is 0 Å². The van der Waals surface area contributed by atoms with Gasteiger partial charge in [-0.15, -0.1) is 0 Å². The molecule has 2 heterocycles. The molecule has 2 rings (SSSR count). The van der Waals surface area contributed by atoms with E-state index in [1.807, 2.05) is 11.5 Å². The molecule has 0 spiro atoms. The van der Waals surface area contributed by atoms with Crippen LogP contribution in [0.1, 0.15) is 24.9 Å². The summed E-state index contributed by atoms with van der Waals surface area (Å²) in [5.74, 6) is -0.360. The maximum absolute atomic E-state index is 11.0. The standard InChI is InChI=1S/C10H13ClN2O3/c1-2-7-12-8(11)6-5-10(16,9(14)15)3-4-13(6)7/h16H,2-5H2,1H3,(H,14,15). The highest BCUT2D eigenvalue weighted by Crippen LogP contribution is 2.30. The first kappa shape index (κ1) is 11.4. The molecule has 0 radical (unpaired) electrons. The van der Waals surface area contributed by atoms with E-state index in [1.165, 1.54) is 0 Å². The quantitative estimate of drug-likeness (QED) is 0.809. The molecular weight excluding hydrogens is 232 g/mol. The highest BCUT2D eigenvalue weighted by molar-refractivity contribution is 6.30. The number of halogens is 1. The van der Waals surface area contributed by atoms with Crippen molar-refractivity contribution in [3.63, 3.8) is 0 Å². The average molecular weight is 245 g/mol. The van der Waals surface area contributed by atoms with Crippen molar-refractivity contribution in [2.24, 2.45) is 0 Å². The van der Waals surface area contributed by atoms with E-state index in [9.17, 15) is 9.90 Å². The van der Waals surface area contributed by atoms with Crippen molar-refractivity contribution in [2.45, 2.75) is 38.3 Å². The van der Waals surface area contributed by atoms with Crippen LogP contribution in [0.15, 0.2) is 0 Å². The Hall–Kier alpha value is -1.07. The number of aliphatic hydroxyl groups is 1. The number of aromatic nitrogens is 2. The largest absolute Gasteiger partial charge is 0.479 e. The summed E-state index contributed by atoms with van der Waals surface area (Å²) in [5, 5.41) is 19.2. The fourth-order valence-electron chi connectivity index (χ4n) is 2.05. The predicted octanol–water partition coefficient (Wildman–Crippen LogP) is 0.861. The highest BCUT2D eigenvalue weighted by Gasteiger charge is 2.41. The lowest BCUT2D eigenvalue weighted by Crippen LogP contribution is -2.45. The van der Waals surface area contributed by atoms with Crippen molar-refractivity contribution in [3.05, 3.63) is 16.7 Å². The van der Waals surface area contributed by atoms with E-state index < -0.39 is 11.6 Å². The summed E-state index contributed by atoms with van der Waals surface area (Å²) in [4.78, 5) is 15.1. The Morgan fingerprint density at radius 3 is 2.94 bits per heavy atom. The SMILES string of the molecule is CCc1nc(Cl)c2n1CCC(O)(C(=O)O)C2. The monoisotopic (exact) mass is 244 g/mol. The van der Waals surface area contributed by atoms with Gasteiger partial charge in [0.2, 0.25) is 0 Å². The zero-order chi connectivity index (χ0) is 11.9. The first-order valence-corrected chi connectivity index (χ1v) is 5.55. The second-order valence-corrected chi connectivity index (χ2v) is 4.39. The van der Waals surface area contributed by atoms with Gasteiger partial charge in [0, 0.05) is 25.8 Å². The van der Waals surface area contributed by atoms with Gasteiger partial charge in [0.1, 0.15) is 5.82 Å². The number of carboxylic acids is 1. The minimum atomic E-state index is -1.70. The van der Waals surface area contributed by atoms with E-state index in [0.29, 0.717) is 17.4 Å². The van der Waals surface area contributed by atoms with Gasteiger partial charge in [0.25, 0.3) is 0 Å². The van der Waals surface area contributed by atoms with Crippen molar-refractivity contribution < 1.29 is 15.0 Å². The summed E-state index contributed by atoms with van der Waals surface area (Å²) in [6.07, 6.45) is 0.953. The molecule has 2 N–H and O–H groups in total. The molecule has 16 heavy (non-hydrogen) atoms. The molecule has 88 valence electrons. The van der Waals surface area contributed by atoms with Gasteiger partial charge in [-0.25, -0.2) is 9.78 Å². The Morgan fingerprint density at radius 1 is 1.69 bits per heavy atom. The average Bonchev–Trinajstić information content (AvgIpc) is 2.55. The van der Waals surface area contributed by atoms with Gasteiger partial charge in [0.05, 0.1) is 5.69 Å². The molecule has 0 saturated carbocycles. The number of rotatable bonds is 2. The van der Waals surface area contributed by atoms with Gasteiger partial charge in [0.15, 0.2) is 10.8 Å². The maximum atomic E-state index is 11.0. The summed E-state index contributed by atoms with van der Waals surface area (Å²) in [6.45, 7) is 2.41. The molecule has 5 nitrogen and oxygen atoms in total. The van der Waals surface area contributed by atoms with E-state index in [2.05, 4.69) is 4.98 Å². The van der Waals surface area contributed by atoms with E-state index >= 15 is 0 Å². The first-order valence-electron chi connectivity index (χ1n) is 5.17. The lowest BCUT2D eigenvalue weighted by atomic mass is 9.91. The molecule has 0 amide bonds. The maximum Gasteiger partial charge on any atom is 0.336 e. The van der Waals surface area contributed by atoms with Crippen molar-refractivity contribution in [1.29, 1.82) is 0 Å². The number of carbonyl (C=O) groups is 1. The van der Waals surface area contributed by atoms with Crippen LogP contribution >= 0.6 is 11.6 Å². The molecule has 0 fully saturated rings. The number of hydrogen-bond acceptors (Lipinski definition) is 3. The van der Waals surface area contributed by atoms with Crippen molar-refractivity contribution >= 4 is 17.6 Å². The Morgan fingerprint density at radius 2 is 2.38 bits per heavy atom. The van der Waals surface area contributed by atoms with E-state index in [1.54, 1.807) is 0 Å². The van der Waals surface area contributed by atoms with E-state index in [-0.39, 0.29) is 12.8 Å². The minimum Gasteiger partial charge on any atom is -0.479 e. The highest BCUT2D eigenvalue weighted by atomic mass is 35.5. The van der Waals surface area contributed by atoms with Gasteiger partial charge in [-0.3, -0.25) is 0 Å². The zero-order valence-electron chi connectivity index (χ0n) is 8.90. The number of fused-ring (bicyclic) bond motifs is 1. The summed E-state index contributed by atoms with van der Waals surface area (Å²) in [7, 11) is 0. The molecule has 1 aliphatic rings. The predicted molar refractivity (Wildman–Crippen MR) is 57.5 cm³/mol. The zero-order valence-corrected chi connectivity index (χ0v) is 9.66. The summed E-state index contributed by atoms with van der Waals surface area (Å²) >= 11 is 5.94. The van der Waals surface area contributed by atoms with E-state index in [0.717, 1.165) is 12.2 Å². The molecule has 0 aromatic carbocycles. The van der Waals surface area contributed by atoms with Crippen LogP contribution in [0.5, 0.6) is 0 Å². The molecule has 0 saturated heterocycles. The molecule has 1 atom stereocenters. The fraction of sp³-hybridized carbons (Fsp3) is 0.600. The van der Waals surface area contributed by atoms with Crippen molar-refractivity contribution in [3.8, 4) is 0 Å². The number of imidazole rings is 1. The number of nitrogens with zero attached hydrogens (tertiary/aromatic N) is 2. The summed E-state index contributed by atoms with van der Waals surface area (Å²) < 4.78 is 1.90. The van der Waals surface area contributed by atoms with Crippen LogP contribution in [0.4, 0.5) is 0 Å². The number of hydrogen-bond donors (Lipinski definition) is 2. The molecule has 1 unspecified atom stereocenters. The second kappa shape index (κ2) is 3.75. The molecule has 1 aromatic rings. The Balaban J connectivity index is 2.41. The Kier molecular flexibility index (Phi) is 2.67. The number of carboxylic acid groups (broad SMARTS) is 1. The first-order chi connectivity index (χ1) is 7.48. The number of aliphatic carboxylic acids is 1. The number of aryl methyl sites for hydroxylation is 1. The smallest absolute Gasteiger partial charge is 0.336 e. The van der Waals surface area contributed by atoms with Gasteiger partial charge in [-0.1, -0.05) is 18.5 Å². The van der Waals surface area contributed by atoms with E-state index in [4.69, 9.17) is 16.7 Å². The normalized spacial score (nSPS) is 24.2. The molecule has 1 aliphatic heterocycles. The summed E-state index contributed by atoms with van der Waals surface area (Å²) in [5.41, 5.74) is -1.08. The summed E-state index contributed by atoms with van der Waals surface area (Å²) in [6, 6.07) is 0. The van der Waals surface area contributed by atoms with Gasteiger partial charge < -0.3 is 14.8 Å². The van der Waals surface area contributed by atoms with Crippen LogP contribution in [0.25, 0.3) is 0 Å². The van der Waals surface area contributed by atoms with Crippen LogP contribution in [0.3, 0.4) is 0 Å². The topological polar surface area (TPSA) is 75.3 Å². The van der Waals surface area contributed by atoms with Crippen molar-refractivity contribution in [1.82, 2.24) is 9.55 Å². The van der Waals surface area contributed by atoms with Crippen LogP contribution < -0.4 is 0 Å². The molecular formula is C10H13ClN2O3. The molecule has 1 aromatic heterocycles. The molecule has 6 heteroatoms. The fourth-order valence-corrected chi connectivity index (χ4v) is 2.32. The third kappa shape index (κ3) is 1.60. The molecule has 0 aliphatic carbocycles. The van der Waals surface area contributed by atoms with Crippen LogP contribution in [-0.4, -0.2) is 31.3 Å². The second-order valence-electron chi connectivity index (χ2n) is 4.03. The van der Waals surface area contributed by atoms with Gasteiger partial charge in [-0.2, -0.15) is 0 Å². The van der Waals surface area contributed by atoms with Crippen LogP contribution in [0.2, 0.25) is 5.15 Å². The minimum absolute atomic E-state index is 0.0220. The van der Waals surface area contributed by atoms with Crippen LogP contribution in [-0.2, 0) is 24.2 Å². The molecule has 0 bridgehead atoms. The lowest BCUT2D eigenvalue weighted by molar-refractivity contribution is -0.160. The Labute approximate surface area is 97.7 Å².